The highest BCUT2D eigenvalue weighted by molar-refractivity contribution is 5.83. The van der Waals surface area contributed by atoms with Crippen molar-refractivity contribution < 1.29 is 0 Å². The van der Waals surface area contributed by atoms with E-state index in [0.29, 0.717) is 12.0 Å². The number of benzene rings is 2. The van der Waals surface area contributed by atoms with Crippen LogP contribution in [0.5, 0.6) is 0 Å². The fourth-order valence-corrected chi connectivity index (χ4v) is 3.53. The van der Waals surface area contributed by atoms with Crippen molar-refractivity contribution in [1.82, 2.24) is 10.2 Å². The molecular weight excluding hydrogens is 244 g/mol. The van der Waals surface area contributed by atoms with Crippen molar-refractivity contribution in [3.8, 4) is 0 Å². The first kappa shape index (κ1) is 13.6. The monoisotopic (exact) mass is 268 g/mol. The lowest BCUT2D eigenvalue weighted by atomic mass is 9.86. The second-order valence-electron chi connectivity index (χ2n) is 6.12. The van der Waals surface area contributed by atoms with Crippen LogP contribution >= 0.6 is 0 Å². The van der Waals surface area contributed by atoms with Crippen LogP contribution in [-0.2, 0) is 0 Å². The molecular formula is C18H24N2. The summed E-state index contributed by atoms with van der Waals surface area (Å²) in [7, 11) is 4.41. The SMILES string of the molecule is CN(C)C(c1ccc2ccccc2c1)C1CCCNC1. The van der Waals surface area contributed by atoms with E-state index < -0.39 is 0 Å². The highest BCUT2D eigenvalue weighted by atomic mass is 15.1. The molecule has 1 fully saturated rings. The number of piperidine rings is 1. The number of fused-ring (bicyclic) bond motifs is 1. The second-order valence-corrected chi connectivity index (χ2v) is 6.12. The maximum absolute atomic E-state index is 3.55. The molecule has 106 valence electrons. The molecule has 2 heteroatoms. The Bertz CT molecular complexity index is 570. The molecule has 0 amide bonds. The number of hydrogen-bond acceptors (Lipinski definition) is 2. The molecule has 1 heterocycles. The second kappa shape index (κ2) is 5.94. The van der Waals surface area contributed by atoms with Gasteiger partial charge >= 0.3 is 0 Å². The fourth-order valence-electron chi connectivity index (χ4n) is 3.53. The first-order valence-electron chi connectivity index (χ1n) is 7.61. The average molecular weight is 268 g/mol. The first-order valence-corrected chi connectivity index (χ1v) is 7.61. The zero-order chi connectivity index (χ0) is 13.9. The summed E-state index contributed by atoms with van der Waals surface area (Å²) < 4.78 is 0. The maximum Gasteiger partial charge on any atom is 0.0382 e. The molecule has 0 spiro atoms. The Morgan fingerprint density at radius 2 is 1.90 bits per heavy atom. The van der Waals surface area contributed by atoms with Gasteiger partial charge in [0.25, 0.3) is 0 Å². The minimum Gasteiger partial charge on any atom is -0.316 e. The third kappa shape index (κ3) is 2.72. The lowest BCUT2D eigenvalue weighted by Gasteiger charge is -2.35. The van der Waals surface area contributed by atoms with Gasteiger partial charge < -0.3 is 10.2 Å². The van der Waals surface area contributed by atoms with E-state index in [1.54, 1.807) is 0 Å². The van der Waals surface area contributed by atoms with E-state index in [0.717, 1.165) is 6.54 Å². The third-order valence-corrected chi connectivity index (χ3v) is 4.45. The molecule has 1 aliphatic rings. The van der Waals surface area contributed by atoms with Crippen LogP contribution < -0.4 is 5.32 Å². The van der Waals surface area contributed by atoms with Crippen LogP contribution in [0.1, 0.15) is 24.4 Å². The molecule has 2 aromatic carbocycles. The van der Waals surface area contributed by atoms with Crippen molar-refractivity contribution >= 4 is 10.8 Å². The van der Waals surface area contributed by atoms with Crippen LogP contribution in [0.4, 0.5) is 0 Å². The van der Waals surface area contributed by atoms with Crippen molar-refractivity contribution in [3.63, 3.8) is 0 Å². The van der Waals surface area contributed by atoms with Crippen molar-refractivity contribution in [2.24, 2.45) is 5.92 Å². The highest BCUT2D eigenvalue weighted by Gasteiger charge is 2.26. The van der Waals surface area contributed by atoms with Crippen molar-refractivity contribution in [3.05, 3.63) is 48.0 Å². The lowest BCUT2D eigenvalue weighted by molar-refractivity contribution is 0.181. The fraction of sp³-hybridized carbons (Fsp3) is 0.444. The van der Waals surface area contributed by atoms with Gasteiger partial charge in [-0.2, -0.15) is 0 Å². The molecule has 1 aliphatic heterocycles. The molecule has 3 rings (SSSR count). The molecule has 2 unspecified atom stereocenters. The number of rotatable bonds is 3. The predicted molar refractivity (Wildman–Crippen MR) is 86.0 cm³/mol. The molecule has 2 aromatic rings. The van der Waals surface area contributed by atoms with Gasteiger partial charge in [0.05, 0.1) is 0 Å². The van der Waals surface area contributed by atoms with Gasteiger partial charge in [-0.3, -0.25) is 0 Å². The zero-order valence-electron chi connectivity index (χ0n) is 12.5. The Morgan fingerprint density at radius 3 is 2.60 bits per heavy atom. The van der Waals surface area contributed by atoms with Crippen LogP contribution in [0.15, 0.2) is 42.5 Å². The quantitative estimate of drug-likeness (QED) is 0.917. The topological polar surface area (TPSA) is 15.3 Å². The standard InChI is InChI=1S/C18H24N2/c1-20(2)18(17-8-5-11-19-13-17)16-10-9-14-6-3-4-7-15(14)12-16/h3-4,6-7,9-10,12,17-19H,5,8,11,13H2,1-2H3. The summed E-state index contributed by atoms with van der Waals surface area (Å²) in [5.41, 5.74) is 1.45. The Morgan fingerprint density at radius 1 is 1.10 bits per heavy atom. The minimum atomic E-state index is 0.507. The van der Waals surface area contributed by atoms with E-state index in [-0.39, 0.29) is 0 Å². The van der Waals surface area contributed by atoms with E-state index in [9.17, 15) is 0 Å². The van der Waals surface area contributed by atoms with E-state index in [2.05, 4.69) is 66.8 Å². The largest absolute Gasteiger partial charge is 0.316 e. The Balaban J connectivity index is 1.95. The van der Waals surface area contributed by atoms with Crippen molar-refractivity contribution in [1.29, 1.82) is 0 Å². The van der Waals surface area contributed by atoms with Gasteiger partial charge in [-0.05, 0) is 68.3 Å². The summed E-state index contributed by atoms with van der Waals surface area (Å²) in [6.07, 6.45) is 2.62. The van der Waals surface area contributed by atoms with Crippen molar-refractivity contribution in [2.75, 3.05) is 27.2 Å². The van der Waals surface area contributed by atoms with Crippen LogP contribution in [0.25, 0.3) is 10.8 Å². The predicted octanol–water partition coefficient (Wildman–Crippen LogP) is 3.44. The molecule has 0 aliphatic carbocycles. The Kier molecular flexibility index (Phi) is 4.04. The van der Waals surface area contributed by atoms with Gasteiger partial charge in [-0.25, -0.2) is 0 Å². The molecule has 0 saturated carbocycles. The van der Waals surface area contributed by atoms with E-state index in [4.69, 9.17) is 0 Å². The van der Waals surface area contributed by atoms with Gasteiger partial charge in [0, 0.05) is 6.04 Å². The maximum atomic E-state index is 3.55. The summed E-state index contributed by atoms with van der Waals surface area (Å²) in [5.74, 6) is 0.708. The first-order chi connectivity index (χ1) is 9.75. The van der Waals surface area contributed by atoms with Crippen molar-refractivity contribution in [2.45, 2.75) is 18.9 Å². The zero-order valence-corrected chi connectivity index (χ0v) is 12.5. The molecule has 0 bridgehead atoms. The van der Waals surface area contributed by atoms with Gasteiger partial charge in [0.15, 0.2) is 0 Å². The third-order valence-electron chi connectivity index (χ3n) is 4.45. The van der Waals surface area contributed by atoms with E-state index in [1.807, 2.05) is 0 Å². The van der Waals surface area contributed by atoms with Crippen LogP contribution in [0, 0.1) is 5.92 Å². The summed E-state index contributed by atoms with van der Waals surface area (Å²) in [6.45, 7) is 2.31. The summed E-state index contributed by atoms with van der Waals surface area (Å²) in [6, 6.07) is 16.1. The molecule has 20 heavy (non-hydrogen) atoms. The van der Waals surface area contributed by atoms with Gasteiger partial charge in [0.2, 0.25) is 0 Å². The van der Waals surface area contributed by atoms with Crippen LogP contribution in [0.3, 0.4) is 0 Å². The molecule has 0 radical (unpaired) electrons. The molecule has 0 aromatic heterocycles. The summed E-state index contributed by atoms with van der Waals surface area (Å²) in [5, 5.41) is 6.23. The van der Waals surface area contributed by atoms with Crippen LogP contribution in [-0.4, -0.2) is 32.1 Å². The lowest BCUT2D eigenvalue weighted by Crippen LogP contribution is -2.38. The minimum absolute atomic E-state index is 0.507. The van der Waals surface area contributed by atoms with Crippen LogP contribution in [0.2, 0.25) is 0 Å². The molecule has 1 N–H and O–H groups in total. The summed E-state index contributed by atoms with van der Waals surface area (Å²) in [4.78, 5) is 2.38. The van der Waals surface area contributed by atoms with Gasteiger partial charge in [0.1, 0.15) is 0 Å². The Labute approximate surface area is 121 Å². The summed E-state index contributed by atoms with van der Waals surface area (Å²) >= 11 is 0. The van der Waals surface area contributed by atoms with Gasteiger partial charge in [-0.15, -0.1) is 0 Å². The van der Waals surface area contributed by atoms with E-state index in [1.165, 1.54) is 35.7 Å². The molecule has 2 nitrogen and oxygen atoms in total. The van der Waals surface area contributed by atoms with E-state index >= 15 is 0 Å². The number of hydrogen-bond donors (Lipinski definition) is 1. The smallest absolute Gasteiger partial charge is 0.0382 e. The number of nitrogens with zero attached hydrogens (tertiary/aromatic N) is 1. The molecule has 2 atom stereocenters. The average Bonchev–Trinajstić information content (AvgIpc) is 2.48. The molecule has 1 saturated heterocycles. The Hall–Kier alpha value is -1.38. The number of nitrogens with one attached hydrogen (secondary N) is 1. The van der Waals surface area contributed by atoms with Gasteiger partial charge in [-0.1, -0.05) is 36.4 Å². The normalized spacial score (nSPS) is 21.2. The highest BCUT2D eigenvalue weighted by Crippen LogP contribution is 2.32.